The zero-order chi connectivity index (χ0) is 13.5. The number of rotatable bonds is 6. The molecule has 0 unspecified atom stereocenters. The lowest BCUT2D eigenvalue weighted by Gasteiger charge is -2.13. The van der Waals surface area contributed by atoms with Crippen molar-refractivity contribution in [3.63, 3.8) is 0 Å². The van der Waals surface area contributed by atoms with E-state index in [1.165, 1.54) is 11.1 Å². The standard InChI is InChI=1S/C14H22N2O2/c1-10-7-8-11(2)14(12(10)3)18-9-5-6-13(17)16-15-4/h7-8,15H,5-6,9H2,1-4H3,(H,16,17). The van der Waals surface area contributed by atoms with E-state index in [1.807, 2.05) is 6.92 Å². The number of hydrazine groups is 1. The van der Waals surface area contributed by atoms with Gasteiger partial charge in [0.05, 0.1) is 6.61 Å². The zero-order valence-corrected chi connectivity index (χ0v) is 11.6. The minimum atomic E-state index is -0.0150. The molecule has 1 aromatic rings. The first-order chi connectivity index (χ1) is 8.56. The van der Waals surface area contributed by atoms with Crippen molar-refractivity contribution in [3.05, 3.63) is 28.8 Å². The fourth-order valence-corrected chi connectivity index (χ4v) is 1.76. The Labute approximate surface area is 109 Å². The topological polar surface area (TPSA) is 50.4 Å². The van der Waals surface area contributed by atoms with Crippen molar-refractivity contribution in [2.24, 2.45) is 0 Å². The van der Waals surface area contributed by atoms with Gasteiger partial charge in [0.25, 0.3) is 0 Å². The molecule has 0 bridgehead atoms. The summed E-state index contributed by atoms with van der Waals surface area (Å²) in [7, 11) is 1.67. The third-order valence-corrected chi connectivity index (χ3v) is 2.93. The summed E-state index contributed by atoms with van der Waals surface area (Å²) in [6, 6.07) is 4.16. The minimum absolute atomic E-state index is 0.0150. The van der Waals surface area contributed by atoms with Crippen LogP contribution in [0.25, 0.3) is 0 Å². The number of nitrogens with one attached hydrogen (secondary N) is 2. The normalized spacial score (nSPS) is 10.2. The Bertz CT molecular complexity index is 417. The molecule has 1 rings (SSSR count). The van der Waals surface area contributed by atoms with E-state index in [2.05, 4.69) is 36.8 Å². The molecule has 1 aromatic carbocycles. The van der Waals surface area contributed by atoms with Crippen molar-refractivity contribution < 1.29 is 9.53 Å². The van der Waals surface area contributed by atoms with Gasteiger partial charge in [0, 0.05) is 13.5 Å². The molecule has 18 heavy (non-hydrogen) atoms. The van der Waals surface area contributed by atoms with Gasteiger partial charge >= 0.3 is 0 Å². The number of hydrogen-bond donors (Lipinski definition) is 2. The van der Waals surface area contributed by atoms with Crippen molar-refractivity contribution in [1.82, 2.24) is 10.9 Å². The molecule has 0 atom stereocenters. The average molecular weight is 250 g/mol. The summed E-state index contributed by atoms with van der Waals surface area (Å²) in [5, 5.41) is 0. The van der Waals surface area contributed by atoms with Gasteiger partial charge in [-0.1, -0.05) is 12.1 Å². The fraction of sp³-hybridized carbons (Fsp3) is 0.500. The summed E-state index contributed by atoms with van der Waals surface area (Å²) in [6.07, 6.45) is 1.17. The lowest BCUT2D eigenvalue weighted by Crippen LogP contribution is -2.34. The van der Waals surface area contributed by atoms with Gasteiger partial charge in [-0.3, -0.25) is 10.2 Å². The van der Waals surface area contributed by atoms with Crippen LogP contribution in [0.3, 0.4) is 0 Å². The first kappa shape index (κ1) is 14.5. The summed E-state index contributed by atoms with van der Waals surface area (Å²) < 4.78 is 5.78. The van der Waals surface area contributed by atoms with Gasteiger partial charge in [-0.25, -0.2) is 5.43 Å². The second-order valence-corrected chi connectivity index (χ2v) is 4.40. The number of carbonyl (C=O) groups is 1. The first-order valence-electron chi connectivity index (χ1n) is 6.21. The van der Waals surface area contributed by atoms with Gasteiger partial charge in [0.15, 0.2) is 0 Å². The van der Waals surface area contributed by atoms with Crippen LogP contribution in [0.15, 0.2) is 12.1 Å². The maximum Gasteiger partial charge on any atom is 0.234 e. The summed E-state index contributed by atoms with van der Waals surface area (Å²) in [6.45, 7) is 6.73. The van der Waals surface area contributed by atoms with Crippen molar-refractivity contribution >= 4 is 5.91 Å². The summed E-state index contributed by atoms with van der Waals surface area (Å²) in [4.78, 5) is 11.2. The number of amides is 1. The molecular formula is C14H22N2O2. The molecule has 100 valence electrons. The van der Waals surface area contributed by atoms with E-state index in [9.17, 15) is 4.79 Å². The number of benzene rings is 1. The second-order valence-electron chi connectivity index (χ2n) is 4.40. The minimum Gasteiger partial charge on any atom is -0.493 e. The molecule has 0 saturated heterocycles. The summed E-state index contributed by atoms with van der Waals surface area (Å²) >= 11 is 0. The van der Waals surface area contributed by atoms with Crippen LogP contribution in [0.4, 0.5) is 0 Å². The van der Waals surface area contributed by atoms with E-state index in [4.69, 9.17) is 4.74 Å². The van der Waals surface area contributed by atoms with Gasteiger partial charge < -0.3 is 4.74 Å². The molecule has 4 nitrogen and oxygen atoms in total. The molecule has 0 spiro atoms. The Morgan fingerprint density at radius 1 is 1.22 bits per heavy atom. The predicted molar refractivity (Wildman–Crippen MR) is 72.6 cm³/mol. The van der Waals surface area contributed by atoms with Crippen LogP contribution >= 0.6 is 0 Å². The van der Waals surface area contributed by atoms with Crippen LogP contribution in [0.1, 0.15) is 29.5 Å². The number of carbonyl (C=O) groups excluding carboxylic acids is 1. The largest absolute Gasteiger partial charge is 0.493 e. The van der Waals surface area contributed by atoms with Crippen molar-refractivity contribution in [2.75, 3.05) is 13.7 Å². The SMILES string of the molecule is CNNC(=O)CCCOc1c(C)ccc(C)c1C. The average Bonchev–Trinajstić information content (AvgIpc) is 2.33. The number of hydrogen-bond acceptors (Lipinski definition) is 3. The zero-order valence-electron chi connectivity index (χ0n) is 11.6. The van der Waals surface area contributed by atoms with Gasteiger partial charge in [-0.15, -0.1) is 0 Å². The molecular weight excluding hydrogens is 228 g/mol. The van der Waals surface area contributed by atoms with Gasteiger partial charge in [0.2, 0.25) is 5.91 Å². The Morgan fingerprint density at radius 3 is 2.56 bits per heavy atom. The molecule has 0 aliphatic rings. The number of ether oxygens (including phenoxy) is 1. The summed E-state index contributed by atoms with van der Waals surface area (Å²) in [5.74, 6) is 0.933. The molecule has 0 aliphatic heterocycles. The van der Waals surface area contributed by atoms with Crippen molar-refractivity contribution in [1.29, 1.82) is 0 Å². The number of aryl methyl sites for hydroxylation is 2. The molecule has 0 radical (unpaired) electrons. The predicted octanol–water partition coefficient (Wildman–Crippen LogP) is 2.02. The Balaban J connectivity index is 2.45. The van der Waals surface area contributed by atoms with E-state index in [1.54, 1.807) is 7.05 Å². The molecule has 0 aliphatic carbocycles. The smallest absolute Gasteiger partial charge is 0.234 e. The van der Waals surface area contributed by atoms with E-state index in [0.717, 1.165) is 11.3 Å². The first-order valence-corrected chi connectivity index (χ1v) is 6.21. The maximum absolute atomic E-state index is 11.2. The molecule has 1 amide bonds. The molecule has 0 heterocycles. The van der Waals surface area contributed by atoms with Crippen LogP contribution in [0.2, 0.25) is 0 Å². The van der Waals surface area contributed by atoms with E-state index in [-0.39, 0.29) is 5.91 Å². The highest BCUT2D eigenvalue weighted by Crippen LogP contribution is 2.25. The lowest BCUT2D eigenvalue weighted by atomic mass is 10.1. The quantitative estimate of drug-likeness (QED) is 0.600. The molecule has 0 fully saturated rings. The third-order valence-electron chi connectivity index (χ3n) is 2.93. The van der Waals surface area contributed by atoms with E-state index in [0.29, 0.717) is 19.4 Å². The van der Waals surface area contributed by atoms with E-state index >= 15 is 0 Å². The van der Waals surface area contributed by atoms with Gasteiger partial charge in [0.1, 0.15) is 5.75 Å². The second kappa shape index (κ2) is 7.01. The lowest BCUT2D eigenvalue weighted by molar-refractivity contribution is -0.122. The summed E-state index contributed by atoms with van der Waals surface area (Å²) in [5.41, 5.74) is 8.68. The van der Waals surface area contributed by atoms with Crippen LogP contribution in [0.5, 0.6) is 5.75 Å². The van der Waals surface area contributed by atoms with Crippen LogP contribution in [0, 0.1) is 20.8 Å². The van der Waals surface area contributed by atoms with Crippen LogP contribution in [-0.4, -0.2) is 19.6 Å². The van der Waals surface area contributed by atoms with Crippen molar-refractivity contribution in [2.45, 2.75) is 33.6 Å². The molecule has 2 N–H and O–H groups in total. The maximum atomic E-state index is 11.2. The molecule has 4 heteroatoms. The van der Waals surface area contributed by atoms with Gasteiger partial charge in [-0.2, -0.15) is 0 Å². The Morgan fingerprint density at radius 2 is 1.89 bits per heavy atom. The fourth-order valence-electron chi connectivity index (χ4n) is 1.76. The molecule has 0 aromatic heterocycles. The van der Waals surface area contributed by atoms with E-state index < -0.39 is 0 Å². The Kier molecular flexibility index (Phi) is 5.65. The Hall–Kier alpha value is -1.55. The van der Waals surface area contributed by atoms with Crippen LogP contribution < -0.4 is 15.6 Å². The highest BCUT2D eigenvalue weighted by Gasteiger charge is 2.06. The monoisotopic (exact) mass is 250 g/mol. The molecule has 0 saturated carbocycles. The van der Waals surface area contributed by atoms with Crippen LogP contribution in [-0.2, 0) is 4.79 Å². The highest BCUT2D eigenvalue weighted by atomic mass is 16.5. The van der Waals surface area contributed by atoms with Crippen molar-refractivity contribution in [3.8, 4) is 5.75 Å². The van der Waals surface area contributed by atoms with Gasteiger partial charge in [-0.05, 0) is 43.9 Å². The highest BCUT2D eigenvalue weighted by molar-refractivity contribution is 5.75. The third kappa shape index (κ3) is 4.04.